The largest absolute Gasteiger partial charge is 0.405 e. The van der Waals surface area contributed by atoms with Crippen LogP contribution in [0, 0.1) is 0 Å². The second-order valence-electron chi connectivity index (χ2n) is 3.82. The predicted molar refractivity (Wildman–Crippen MR) is 52.8 cm³/mol. The molecular weight excluding hydrogens is 225 g/mol. The number of aliphatic hydroxyl groups is 1. The molecule has 0 fully saturated rings. The lowest BCUT2D eigenvalue weighted by molar-refractivity contribution is -0.138. The Morgan fingerprint density at radius 2 is 1.94 bits per heavy atom. The lowest BCUT2D eigenvalue weighted by atomic mass is 10.0. The van der Waals surface area contributed by atoms with Gasteiger partial charge in [-0.15, -0.1) is 0 Å². The van der Waals surface area contributed by atoms with Gasteiger partial charge in [0.1, 0.15) is 6.54 Å². The van der Waals surface area contributed by atoms with Gasteiger partial charge in [-0.05, 0) is 13.3 Å². The summed E-state index contributed by atoms with van der Waals surface area (Å²) in [5.41, 5.74) is -0.643. The van der Waals surface area contributed by atoms with E-state index in [9.17, 15) is 18.0 Å². The maximum absolute atomic E-state index is 11.7. The summed E-state index contributed by atoms with van der Waals surface area (Å²) in [6, 6.07) is 0. The van der Waals surface area contributed by atoms with Crippen molar-refractivity contribution in [1.82, 2.24) is 10.6 Å². The van der Waals surface area contributed by atoms with Crippen LogP contribution in [0.5, 0.6) is 0 Å². The van der Waals surface area contributed by atoms with E-state index in [4.69, 9.17) is 5.11 Å². The fourth-order valence-electron chi connectivity index (χ4n) is 0.848. The molecule has 1 atom stereocenters. The molecule has 7 heteroatoms. The monoisotopic (exact) mass is 242 g/mol. The van der Waals surface area contributed by atoms with E-state index in [1.54, 1.807) is 19.2 Å². The van der Waals surface area contributed by atoms with Crippen LogP contribution in [0.15, 0.2) is 0 Å². The van der Waals surface area contributed by atoms with Gasteiger partial charge in [0.05, 0.1) is 13.2 Å². The van der Waals surface area contributed by atoms with Crippen molar-refractivity contribution in [3.8, 4) is 0 Å². The van der Waals surface area contributed by atoms with Gasteiger partial charge in [-0.25, -0.2) is 0 Å². The average molecular weight is 242 g/mol. The molecule has 0 bridgehead atoms. The minimum absolute atomic E-state index is 0.184. The van der Waals surface area contributed by atoms with E-state index in [1.165, 1.54) is 0 Å². The van der Waals surface area contributed by atoms with Crippen LogP contribution < -0.4 is 10.6 Å². The van der Waals surface area contributed by atoms with Crippen molar-refractivity contribution >= 4 is 5.91 Å². The summed E-state index contributed by atoms with van der Waals surface area (Å²) in [4.78, 5) is 11.0. The van der Waals surface area contributed by atoms with Gasteiger partial charge < -0.3 is 15.7 Å². The predicted octanol–water partition coefficient (Wildman–Crippen LogP) is 0.415. The topological polar surface area (TPSA) is 61.4 Å². The Morgan fingerprint density at radius 1 is 1.38 bits per heavy atom. The van der Waals surface area contributed by atoms with Crippen molar-refractivity contribution in [3.05, 3.63) is 0 Å². The standard InChI is InChI=1S/C9H17F3N2O2/c1-3-8(2,6-15)14-4-7(16)13-5-9(10,11)12/h14-15H,3-6H2,1-2H3,(H,13,16). The molecule has 0 rings (SSSR count). The number of rotatable bonds is 6. The lowest BCUT2D eigenvalue weighted by Gasteiger charge is -2.26. The quantitative estimate of drug-likeness (QED) is 0.632. The van der Waals surface area contributed by atoms with E-state index in [-0.39, 0.29) is 13.2 Å². The number of nitrogens with one attached hydrogen (secondary N) is 2. The molecule has 0 radical (unpaired) electrons. The number of carbonyl (C=O) groups excluding carboxylic acids is 1. The Bertz CT molecular complexity index is 227. The molecule has 1 unspecified atom stereocenters. The summed E-state index contributed by atoms with van der Waals surface area (Å²) >= 11 is 0. The lowest BCUT2D eigenvalue weighted by Crippen LogP contribution is -2.50. The number of halogens is 3. The fourth-order valence-corrected chi connectivity index (χ4v) is 0.848. The average Bonchev–Trinajstić information content (AvgIpc) is 2.22. The maximum Gasteiger partial charge on any atom is 0.405 e. The van der Waals surface area contributed by atoms with Crippen LogP contribution in [-0.4, -0.2) is 42.4 Å². The molecule has 0 aromatic heterocycles. The van der Waals surface area contributed by atoms with Crippen LogP contribution in [0.2, 0.25) is 0 Å². The number of aliphatic hydroxyl groups excluding tert-OH is 1. The second kappa shape index (κ2) is 6.05. The summed E-state index contributed by atoms with van der Waals surface area (Å²) in [5.74, 6) is -0.745. The summed E-state index contributed by atoms with van der Waals surface area (Å²) in [7, 11) is 0. The van der Waals surface area contributed by atoms with Gasteiger partial charge in [-0.1, -0.05) is 6.92 Å². The van der Waals surface area contributed by atoms with Crippen molar-refractivity contribution in [2.24, 2.45) is 0 Å². The van der Waals surface area contributed by atoms with E-state index >= 15 is 0 Å². The zero-order valence-corrected chi connectivity index (χ0v) is 9.32. The SMILES string of the molecule is CCC(C)(CO)NCC(=O)NCC(F)(F)F. The minimum atomic E-state index is -4.40. The van der Waals surface area contributed by atoms with Gasteiger partial charge in [0, 0.05) is 5.54 Å². The van der Waals surface area contributed by atoms with Gasteiger partial charge in [-0.3, -0.25) is 4.79 Å². The molecule has 0 heterocycles. The van der Waals surface area contributed by atoms with E-state index in [0.29, 0.717) is 6.42 Å². The summed E-state index contributed by atoms with van der Waals surface area (Å²) < 4.78 is 35.2. The van der Waals surface area contributed by atoms with E-state index < -0.39 is 24.2 Å². The number of alkyl halides is 3. The molecule has 3 N–H and O–H groups in total. The number of hydrogen-bond acceptors (Lipinski definition) is 3. The highest BCUT2D eigenvalue weighted by atomic mass is 19.4. The van der Waals surface area contributed by atoms with Crippen LogP contribution in [0.25, 0.3) is 0 Å². The molecule has 0 aromatic rings. The zero-order chi connectivity index (χ0) is 12.8. The highest BCUT2D eigenvalue weighted by molar-refractivity contribution is 5.78. The van der Waals surface area contributed by atoms with E-state index in [2.05, 4.69) is 5.32 Å². The van der Waals surface area contributed by atoms with Crippen LogP contribution in [-0.2, 0) is 4.79 Å². The van der Waals surface area contributed by atoms with Crippen LogP contribution >= 0.6 is 0 Å². The van der Waals surface area contributed by atoms with Crippen LogP contribution in [0.1, 0.15) is 20.3 Å². The third-order valence-electron chi connectivity index (χ3n) is 2.29. The molecule has 0 aliphatic rings. The zero-order valence-electron chi connectivity index (χ0n) is 9.32. The van der Waals surface area contributed by atoms with Gasteiger partial charge in [0.25, 0.3) is 0 Å². The molecule has 0 saturated heterocycles. The molecule has 0 aromatic carbocycles. The molecular formula is C9H17F3N2O2. The Labute approximate surface area is 92.2 Å². The van der Waals surface area contributed by atoms with Crippen LogP contribution in [0.4, 0.5) is 13.2 Å². The molecule has 1 amide bonds. The van der Waals surface area contributed by atoms with Gasteiger partial charge >= 0.3 is 6.18 Å². The molecule has 0 aliphatic carbocycles. The van der Waals surface area contributed by atoms with E-state index in [0.717, 1.165) is 0 Å². The first-order valence-corrected chi connectivity index (χ1v) is 4.92. The van der Waals surface area contributed by atoms with Crippen LogP contribution in [0.3, 0.4) is 0 Å². The first-order valence-electron chi connectivity index (χ1n) is 4.92. The van der Waals surface area contributed by atoms with Gasteiger partial charge in [-0.2, -0.15) is 13.2 Å². The highest BCUT2D eigenvalue weighted by Gasteiger charge is 2.28. The first-order chi connectivity index (χ1) is 7.22. The van der Waals surface area contributed by atoms with E-state index in [1.807, 2.05) is 0 Å². The number of amides is 1. The minimum Gasteiger partial charge on any atom is -0.394 e. The van der Waals surface area contributed by atoms with Gasteiger partial charge in [0.2, 0.25) is 5.91 Å². The van der Waals surface area contributed by atoms with Crippen molar-refractivity contribution in [2.45, 2.75) is 32.0 Å². The number of carbonyl (C=O) groups is 1. The Kier molecular flexibility index (Phi) is 5.74. The van der Waals surface area contributed by atoms with Crippen molar-refractivity contribution in [1.29, 1.82) is 0 Å². The Balaban J connectivity index is 3.90. The Hall–Kier alpha value is -0.820. The molecule has 16 heavy (non-hydrogen) atoms. The Morgan fingerprint density at radius 3 is 2.31 bits per heavy atom. The third kappa shape index (κ3) is 6.62. The third-order valence-corrected chi connectivity index (χ3v) is 2.29. The van der Waals surface area contributed by atoms with Crippen molar-refractivity contribution in [2.75, 3.05) is 19.7 Å². The fraction of sp³-hybridized carbons (Fsp3) is 0.889. The highest BCUT2D eigenvalue weighted by Crippen LogP contribution is 2.12. The molecule has 0 aliphatic heterocycles. The number of hydrogen-bond donors (Lipinski definition) is 3. The molecule has 4 nitrogen and oxygen atoms in total. The summed E-state index contributed by atoms with van der Waals surface area (Å²) in [6.45, 7) is 1.72. The molecule has 96 valence electrons. The maximum atomic E-state index is 11.7. The van der Waals surface area contributed by atoms with Gasteiger partial charge in [0.15, 0.2) is 0 Å². The first kappa shape index (κ1) is 15.2. The molecule has 0 saturated carbocycles. The second-order valence-corrected chi connectivity index (χ2v) is 3.82. The summed E-state index contributed by atoms with van der Waals surface area (Å²) in [5, 5.41) is 13.4. The van der Waals surface area contributed by atoms with Crippen molar-refractivity contribution < 1.29 is 23.1 Å². The molecule has 0 spiro atoms. The normalized spacial score (nSPS) is 15.6. The summed E-state index contributed by atoms with van der Waals surface area (Å²) in [6.07, 6.45) is -3.84. The van der Waals surface area contributed by atoms with Crippen molar-refractivity contribution in [3.63, 3.8) is 0 Å². The smallest absolute Gasteiger partial charge is 0.394 e.